The van der Waals surface area contributed by atoms with Crippen molar-refractivity contribution in [3.8, 4) is 17.2 Å². The number of benzene rings is 2. The van der Waals surface area contributed by atoms with E-state index in [0.717, 1.165) is 35.3 Å². The van der Waals surface area contributed by atoms with Gasteiger partial charge in [0.1, 0.15) is 29.4 Å². The monoisotopic (exact) mass is 454 g/mol. The Hall–Kier alpha value is -2.53. The molecule has 0 saturated heterocycles. The minimum Gasteiger partial charge on any atom is -0.495 e. The average Bonchev–Trinajstić information content (AvgIpc) is 2.76. The molecule has 1 aliphatic rings. The number of aliphatic hydroxyl groups is 1. The summed E-state index contributed by atoms with van der Waals surface area (Å²) < 4.78 is 17.7. The molecule has 2 aromatic carbocycles. The van der Waals surface area contributed by atoms with Crippen LogP contribution in [0.25, 0.3) is 0 Å². The Morgan fingerprint density at radius 1 is 1.12 bits per heavy atom. The first kappa shape index (κ1) is 25.1. The van der Waals surface area contributed by atoms with E-state index in [1.54, 1.807) is 12.1 Å². The first-order valence-corrected chi connectivity index (χ1v) is 12.2. The van der Waals surface area contributed by atoms with E-state index in [0.29, 0.717) is 29.4 Å². The maximum Gasteiger partial charge on any atom is 0.346 e. The van der Waals surface area contributed by atoms with Crippen molar-refractivity contribution in [2.24, 2.45) is 5.92 Å². The van der Waals surface area contributed by atoms with Crippen molar-refractivity contribution in [2.75, 3.05) is 7.11 Å². The Kier molecular flexibility index (Phi) is 8.79. The fraction of sp³-hybridized carbons (Fsp3) is 0.536. The summed E-state index contributed by atoms with van der Waals surface area (Å²) >= 11 is 0. The van der Waals surface area contributed by atoms with Crippen LogP contribution >= 0.6 is 0 Å². The summed E-state index contributed by atoms with van der Waals surface area (Å²) in [7, 11) is 1.51. The number of esters is 1. The van der Waals surface area contributed by atoms with Crippen molar-refractivity contribution in [2.45, 2.75) is 85.4 Å². The molecule has 1 heterocycles. The third kappa shape index (κ3) is 6.08. The molecule has 0 saturated carbocycles. The second-order valence-corrected chi connectivity index (χ2v) is 9.46. The maximum absolute atomic E-state index is 13.0. The van der Waals surface area contributed by atoms with Crippen LogP contribution in [0.2, 0.25) is 0 Å². The van der Waals surface area contributed by atoms with Gasteiger partial charge in [0.05, 0.1) is 13.2 Å². The molecule has 33 heavy (non-hydrogen) atoms. The van der Waals surface area contributed by atoms with E-state index < -0.39 is 12.1 Å². The van der Waals surface area contributed by atoms with Crippen LogP contribution in [-0.4, -0.2) is 18.2 Å². The lowest BCUT2D eigenvalue weighted by molar-refractivity contribution is 0.0454. The van der Waals surface area contributed by atoms with Gasteiger partial charge in [0, 0.05) is 11.1 Å². The lowest BCUT2D eigenvalue weighted by Gasteiger charge is -2.24. The van der Waals surface area contributed by atoms with Crippen LogP contribution in [0.1, 0.15) is 98.0 Å². The normalized spacial score (nSPS) is 14.0. The molecular formula is C28H38O5. The van der Waals surface area contributed by atoms with E-state index in [1.807, 2.05) is 19.9 Å². The zero-order chi connectivity index (χ0) is 24.0. The number of aryl methyl sites for hydroxylation is 2. The van der Waals surface area contributed by atoms with E-state index in [-0.39, 0.29) is 12.2 Å². The molecule has 5 nitrogen and oxygen atoms in total. The van der Waals surface area contributed by atoms with Gasteiger partial charge in [-0.1, -0.05) is 58.1 Å². The fourth-order valence-corrected chi connectivity index (χ4v) is 4.51. The van der Waals surface area contributed by atoms with Crippen molar-refractivity contribution in [3.05, 3.63) is 52.1 Å². The van der Waals surface area contributed by atoms with Gasteiger partial charge in [-0.3, -0.25) is 0 Å². The topological polar surface area (TPSA) is 65.0 Å². The van der Waals surface area contributed by atoms with Gasteiger partial charge in [-0.2, -0.15) is 0 Å². The van der Waals surface area contributed by atoms with E-state index >= 15 is 0 Å². The summed E-state index contributed by atoms with van der Waals surface area (Å²) in [6.45, 7) is 8.51. The van der Waals surface area contributed by atoms with Gasteiger partial charge in [-0.15, -0.1) is 0 Å². The summed E-state index contributed by atoms with van der Waals surface area (Å²) in [5.41, 5.74) is 3.94. The minimum atomic E-state index is -0.739. The van der Waals surface area contributed by atoms with Crippen LogP contribution in [0, 0.1) is 12.8 Å². The molecule has 5 heteroatoms. The highest BCUT2D eigenvalue weighted by molar-refractivity contribution is 5.96. The predicted molar refractivity (Wildman–Crippen MR) is 130 cm³/mol. The van der Waals surface area contributed by atoms with Crippen LogP contribution in [-0.2, 0) is 17.8 Å². The number of cyclic esters (lactones) is 1. The van der Waals surface area contributed by atoms with E-state index in [4.69, 9.17) is 14.2 Å². The molecule has 0 bridgehead atoms. The molecule has 180 valence electrons. The number of unbranched alkanes of at least 4 members (excludes halogenated alkanes) is 4. The van der Waals surface area contributed by atoms with Crippen LogP contribution in [0.15, 0.2) is 24.3 Å². The summed E-state index contributed by atoms with van der Waals surface area (Å²) in [6.07, 6.45) is 6.75. The first-order valence-electron chi connectivity index (χ1n) is 12.2. The fourth-order valence-electron chi connectivity index (χ4n) is 4.51. The first-order chi connectivity index (χ1) is 15.8. The van der Waals surface area contributed by atoms with Crippen molar-refractivity contribution in [1.82, 2.24) is 0 Å². The summed E-state index contributed by atoms with van der Waals surface area (Å²) in [4.78, 5) is 13.0. The summed E-state index contributed by atoms with van der Waals surface area (Å²) in [5.74, 6) is 1.28. The number of methoxy groups -OCH3 is 1. The predicted octanol–water partition coefficient (Wildman–Crippen LogP) is 7.06. The lowest BCUT2D eigenvalue weighted by atomic mass is 9.96. The number of hydrogen-bond donors (Lipinski definition) is 1. The molecule has 0 aromatic heterocycles. The second kappa shape index (κ2) is 11.6. The van der Waals surface area contributed by atoms with Crippen LogP contribution in [0.4, 0.5) is 0 Å². The number of ether oxygens (including phenoxy) is 3. The highest BCUT2D eigenvalue weighted by Crippen LogP contribution is 2.43. The number of fused-ring (bicyclic) bond motifs is 2. The SMILES string of the molecule is CCCCCCCc1cc(C)cc2c1Oc1ccc(C(O)CC(C)C)c(OC)c1C(=O)OC2. The molecule has 1 atom stereocenters. The number of rotatable bonds is 10. The van der Waals surface area contributed by atoms with E-state index in [9.17, 15) is 9.90 Å². The van der Waals surface area contributed by atoms with Gasteiger partial charge in [0.2, 0.25) is 0 Å². The third-order valence-corrected chi connectivity index (χ3v) is 6.12. The minimum absolute atomic E-state index is 0.139. The Morgan fingerprint density at radius 2 is 1.88 bits per heavy atom. The Labute approximate surface area is 198 Å². The summed E-state index contributed by atoms with van der Waals surface area (Å²) in [6, 6.07) is 7.72. The molecule has 0 fully saturated rings. The molecule has 2 aromatic rings. The number of hydrogen-bond acceptors (Lipinski definition) is 5. The largest absolute Gasteiger partial charge is 0.495 e. The number of carbonyl (C=O) groups excluding carboxylic acids is 1. The molecule has 1 aliphatic heterocycles. The van der Waals surface area contributed by atoms with Crippen molar-refractivity contribution >= 4 is 5.97 Å². The zero-order valence-corrected chi connectivity index (χ0v) is 20.7. The van der Waals surface area contributed by atoms with Crippen LogP contribution in [0.3, 0.4) is 0 Å². The number of carbonyl (C=O) groups is 1. The molecule has 3 rings (SSSR count). The number of aliphatic hydroxyl groups excluding tert-OH is 1. The average molecular weight is 455 g/mol. The van der Waals surface area contributed by atoms with Gasteiger partial charge >= 0.3 is 5.97 Å². The molecule has 1 unspecified atom stereocenters. The lowest BCUT2D eigenvalue weighted by Crippen LogP contribution is -2.15. The van der Waals surface area contributed by atoms with E-state index in [2.05, 4.69) is 19.9 Å². The van der Waals surface area contributed by atoms with Crippen molar-refractivity contribution in [3.63, 3.8) is 0 Å². The standard InChI is InChI=1S/C28H38O5/c1-6-7-8-9-10-11-20-15-19(4)16-21-17-32-28(30)25-24(33-26(20)21)13-12-22(27(25)31-5)23(29)14-18(2)3/h12-13,15-16,18,23,29H,6-11,14,17H2,1-5H3. The molecular weight excluding hydrogens is 416 g/mol. The van der Waals surface area contributed by atoms with Gasteiger partial charge in [-0.05, 0) is 55.9 Å². The summed E-state index contributed by atoms with van der Waals surface area (Å²) in [5, 5.41) is 10.7. The second-order valence-electron chi connectivity index (χ2n) is 9.46. The van der Waals surface area contributed by atoms with Gasteiger partial charge < -0.3 is 19.3 Å². The maximum atomic E-state index is 13.0. The highest BCUT2D eigenvalue weighted by atomic mass is 16.5. The van der Waals surface area contributed by atoms with Crippen LogP contribution < -0.4 is 9.47 Å². The zero-order valence-electron chi connectivity index (χ0n) is 20.7. The Morgan fingerprint density at radius 3 is 2.58 bits per heavy atom. The quantitative estimate of drug-likeness (QED) is 0.307. The van der Waals surface area contributed by atoms with Crippen LogP contribution in [0.5, 0.6) is 17.2 Å². The third-order valence-electron chi connectivity index (χ3n) is 6.12. The molecule has 0 radical (unpaired) electrons. The smallest absolute Gasteiger partial charge is 0.346 e. The molecule has 0 amide bonds. The molecule has 0 aliphatic carbocycles. The van der Waals surface area contributed by atoms with Gasteiger partial charge in [0.25, 0.3) is 0 Å². The van der Waals surface area contributed by atoms with E-state index in [1.165, 1.54) is 32.8 Å². The molecule has 1 N–H and O–H groups in total. The van der Waals surface area contributed by atoms with Crippen molar-refractivity contribution in [1.29, 1.82) is 0 Å². The van der Waals surface area contributed by atoms with Crippen molar-refractivity contribution < 1.29 is 24.1 Å². The Balaban J connectivity index is 1.99. The Bertz CT molecular complexity index is 963. The van der Waals surface area contributed by atoms with Gasteiger partial charge in [0.15, 0.2) is 0 Å². The van der Waals surface area contributed by atoms with Gasteiger partial charge in [-0.25, -0.2) is 4.79 Å². The molecule has 0 spiro atoms. The highest BCUT2D eigenvalue weighted by Gasteiger charge is 2.29.